The van der Waals surface area contributed by atoms with Gasteiger partial charge in [-0.3, -0.25) is 9.52 Å². The van der Waals surface area contributed by atoms with E-state index in [4.69, 9.17) is 0 Å². The van der Waals surface area contributed by atoms with Crippen molar-refractivity contribution in [3.05, 3.63) is 52.9 Å². The van der Waals surface area contributed by atoms with Crippen molar-refractivity contribution >= 4 is 15.7 Å². The van der Waals surface area contributed by atoms with Crippen LogP contribution < -0.4 is 10.3 Å². The van der Waals surface area contributed by atoms with Crippen molar-refractivity contribution in [3.63, 3.8) is 0 Å². The van der Waals surface area contributed by atoms with Crippen molar-refractivity contribution in [3.8, 4) is 5.75 Å². The highest BCUT2D eigenvalue weighted by Gasteiger charge is 2.14. The lowest BCUT2D eigenvalue weighted by molar-refractivity contribution is 0.475. The Morgan fingerprint density at radius 2 is 1.94 bits per heavy atom. The average molecular weight is 266 g/mol. The van der Waals surface area contributed by atoms with Crippen LogP contribution in [-0.4, -0.2) is 18.5 Å². The predicted octanol–water partition coefficient (Wildman–Crippen LogP) is 0.881. The Hall–Kier alpha value is -2.28. The largest absolute Gasteiger partial charge is 0.508 e. The maximum atomic E-state index is 11.9. The summed E-state index contributed by atoms with van der Waals surface area (Å²) in [6.07, 6.45) is 1.10. The number of aromatic nitrogens is 1. The van der Waals surface area contributed by atoms with Crippen LogP contribution in [0.2, 0.25) is 0 Å². The minimum absolute atomic E-state index is 0.0448. The zero-order chi connectivity index (χ0) is 13.2. The number of benzene rings is 1. The van der Waals surface area contributed by atoms with Gasteiger partial charge in [0.1, 0.15) is 10.6 Å². The number of anilines is 1. The first-order chi connectivity index (χ1) is 8.47. The fraction of sp³-hybridized carbons (Fsp3) is 0. The number of phenols is 1. The maximum Gasteiger partial charge on any atom is 0.263 e. The summed E-state index contributed by atoms with van der Waals surface area (Å²) in [6, 6.07) is 8.05. The van der Waals surface area contributed by atoms with E-state index in [0.717, 1.165) is 12.3 Å². The summed E-state index contributed by atoms with van der Waals surface area (Å²) < 4.78 is 26.1. The zero-order valence-electron chi connectivity index (χ0n) is 9.12. The molecule has 0 spiro atoms. The van der Waals surface area contributed by atoms with Crippen LogP contribution in [0.15, 0.2) is 52.3 Å². The van der Waals surface area contributed by atoms with Gasteiger partial charge >= 0.3 is 0 Å². The van der Waals surface area contributed by atoms with E-state index < -0.39 is 10.0 Å². The lowest BCUT2D eigenvalue weighted by Gasteiger charge is -2.07. The van der Waals surface area contributed by atoms with Gasteiger partial charge in [-0.25, -0.2) is 8.42 Å². The van der Waals surface area contributed by atoms with E-state index in [1.165, 1.54) is 30.3 Å². The van der Waals surface area contributed by atoms with Gasteiger partial charge in [0.15, 0.2) is 0 Å². The van der Waals surface area contributed by atoms with Crippen molar-refractivity contribution in [2.75, 3.05) is 4.72 Å². The fourth-order valence-electron chi connectivity index (χ4n) is 1.35. The molecule has 0 aliphatic heterocycles. The first-order valence-electron chi connectivity index (χ1n) is 4.98. The molecule has 1 aromatic heterocycles. The molecule has 18 heavy (non-hydrogen) atoms. The molecule has 0 fully saturated rings. The molecule has 0 saturated carbocycles. The van der Waals surface area contributed by atoms with E-state index in [9.17, 15) is 18.3 Å². The Kier molecular flexibility index (Phi) is 3.07. The van der Waals surface area contributed by atoms with Crippen LogP contribution in [0.25, 0.3) is 0 Å². The Labute approximate surface area is 103 Å². The minimum Gasteiger partial charge on any atom is -0.508 e. The Morgan fingerprint density at radius 1 is 1.17 bits per heavy atom. The quantitative estimate of drug-likeness (QED) is 0.767. The molecule has 3 N–H and O–H groups in total. The second-order valence-corrected chi connectivity index (χ2v) is 5.23. The van der Waals surface area contributed by atoms with Gasteiger partial charge in [0.2, 0.25) is 5.56 Å². The van der Waals surface area contributed by atoms with Gasteiger partial charge in [0, 0.05) is 18.3 Å². The highest BCUT2D eigenvalue weighted by atomic mass is 32.2. The van der Waals surface area contributed by atoms with Gasteiger partial charge in [-0.1, -0.05) is 6.07 Å². The molecule has 1 heterocycles. The SMILES string of the molecule is O=c1ccc(S(=O)(=O)Nc2cccc(O)c2)c[nH]1. The second kappa shape index (κ2) is 4.53. The number of H-pyrrole nitrogens is 1. The molecule has 2 aromatic rings. The predicted molar refractivity (Wildman–Crippen MR) is 66.0 cm³/mol. The summed E-state index contributed by atoms with van der Waals surface area (Å²) in [6.45, 7) is 0. The summed E-state index contributed by atoms with van der Waals surface area (Å²) in [4.78, 5) is 13.1. The van der Waals surface area contributed by atoms with Crippen LogP contribution in [0.4, 0.5) is 5.69 Å². The maximum absolute atomic E-state index is 11.9. The molecule has 0 unspecified atom stereocenters. The van der Waals surface area contributed by atoms with Crippen molar-refractivity contribution < 1.29 is 13.5 Å². The Bertz CT molecular complexity index is 701. The number of rotatable bonds is 3. The van der Waals surface area contributed by atoms with E-state index in [-0.39, 0.29) is 21.9 Å². The van der Waals surface area contributed by atoms with Crippen LogP contribution in [0.5, 0.6) is 5.75 Å². The van der Waals surface area contributed by atoms with Crippen molar-refractivity contribution in [1.29, 1.82) is 0 Å². The third-order valence-electron chi connectivity index (χ3n) is 2.16. The first kappa shape index (κ1) is 12.2. The van der Waals surface area contributed by atoms with Gasteiger partial charge in [-0.2, -0.15) is 0 Å². The summed E-state index contributed by atoms with van der Waals surface area (Å²) in [7, 11) is -3.78. The molecule has 0 aliphatic carbocycles. The standard InChI is InChI=1S/C11H10N2O4S/c14-9-3-1-2-8(6-9)13-18(16,17)10-4-5-11(15)12-7-10/h1-7,13-14H,(H,12,15). The molecule has 0 radical (unpaired) electrons. The van der Waals surface area contributed by atoms with Gasteiger partial charge in [-0.15, -0.1) is 0 Å². The third kappa shape index (κ3) is 2.69. The lowest BCUT2D eigenvalue weighted by atomic mass is 10.3. The van der Waals surface area contributed by atoms with Crippen LogP contribution in [0, 0.1) is 0 Å². The topological polar surface area (TPSA) is 99.3 Å². The van der Waals surface area contributed by atoms with Gasteiger partial charge < -0.3 is 10.1 Å². The zero-order valence-corrected chi connectivity index (χ0v) is 9.94. The number of aromatic hydroxyl groups is 1. The summed E-state index contributed by atoms with van der Waals surface area (Å²) >= 11 is 0. The Morgan fingerprint density at radius 3 is 2.56 bits per heavy atom. The number of pyridine rings is 1. The van der Waals surface area contributed by atoms with E-state index in [1.54, 1.807) is 0 Å². The van der Waals surface area contributed by atoms with Gasteiger partial charge in [0.05, 0.1) is 5.69 Å². The molecule has 6 nitrogen and oxygen atoms in total. The highest BCUT2D eigenvalue weighted by molar-refractivity contribution is 7.92. The minimum atomic E-state index is -3.78. The lowest BCUT2D eigenvalue weighted by Crippen LogP contribution is -2.15. The van der Waals surface area contributed by atoms with Crippen LogP contribution >= 0.6 is 0 Å². The van der Waals surface area contributed by atoms with Crippen molar-refractivity contribution in [2.24, 2.45) is 0 Å². The highest BCUT2D eigenvalue weighted by Crippen LogP contribution is 2.18. The van der Waals surface area contributed by atoms with Crippen molar-refractivity contribution in [2.45, 2.75) is 4.90 Å². The number of hydrogen-bond acceptors (Lipinski definition) is 4. The van der Waals surface area contributed by atoms with Crippen LogP contribution in [0.1, 0.15) is 0 Å². The molecule has 0 bridgehead atoms. The summed E-state index contributed by atoms with van der Waals surface area (Å²) in [5.74, 6) is -0.0448. The van der Waals surface area contributed by atoms with Crippen LogP contribution in [0.3, 0.4) is 0 Å². The number of hydrogen-bond donors (Lipinski definition) is 3. The van der Waals surface area contributed by atoms with E-state index in [1.807, 2.05) is 0 Å². The number of aromatic amines is 1. The molecule has 94 valence electrons. The average Bonchev–Trinajstić information content (AvgIpc) is 2.29. The fourth-order valence-corrected chi connectivity index (χ4v) is 2.36. The third-order valence-corrected chi connectivity index (χ3v) is 3.54. The molecule has 2 rings (SSSR count). The van der Waals surface area contributed by atoms with E-state index in [2.05, 4.69) is 9.71 Å². The smallest absolute Gasteiger partial charge is 0.263 e. The van der Waals surface area contributed by atoms with Gasteiger partial charge in [-0.05, 0) is 18.2 Å². The molecular formula is C11H10N2O4S. The second-order valence-electron chi connectivity index (χ2n) is 3.54. The summed E-state index contributed by atoms with van der Waals surface area (Å²) in [5.41, 5.74) is -0.146. The molecule has 1 aromatic carbocycles. The number of sulfonamides is 1. The monoisotopic (exact) mass is 266 g/mol. The molecule has 7 heteroatoms. The van der Waals surface area contributed by atoms with E-state index in [0.29, 0.717) is 0 Å². The summed E-state index contributed by atoms with van der Waals surface area (Å²) in [5, 5.41) is 9.23. The number of phenolic OH excluding ortho intramolecular Hbond substituents is 1. The molecular weight excluding hydrogens is 256 g/mol. The van der Waals surface area contributed by atoms with Crippen molar-refractivity contribution in [1.82, 2.24) is 4.98 Å². The van der Waals surface area contributed by atoms with E-state index >= 15 is 0 Å². The normalized spacial score (nSPS) is 11.1. The molecule has 0 atom stereocenters. The Balaban J connectivity index is 2.33. The molecule has 0 saturated heterocycles. The molecule has 0 amide bonds. The van der Waals surface area contributed by atoms with Crippen LogP contribution in [-0.2, 0) is 10.0 Å². The number of nitrogens with one attached hydrogen (secondary N) is 2. The first-order valence-corrected chi connectivity index (χ1v) is 6.46. The van der Waals surface area contributed by atoms with Gasteiger partial charge in [0.25, 0.3) is 10.0 Å². The molecule has 0 aliphatic rings.